The normalized spacial score (nSPS) is 20.6. The maximum Gasteiger partial charge on any atom is 0.148 e. The molecule has 1 aliphatic rings. The summed E-state index contributed by atoms with van der Waals surface area (Å²) in [5.74, 6) is 0.174. The molecule has 1 atom stereocenters. The van der Waals surface area contributed by atoms with Gasteiger partial charge in [-0.2, -0.15) is 0 Å². The lowest BCUT2D eigenvalue weighted by atomic mass is 9.98. The van der Waals surface area contributed by atoms with Crippen LogP contribution in [0.15, 0.2) is 18.2 Å². The number of para-hydroxylation sites is 1. The van der Waals surface area contributed by atoms with E-state index in [1.54, 1.807) is 13.2 Å². The van der Waals surface area contributed by atoms with Gasteiger partial charge in [0, 0.05) is 20.2 Å². The predicted molar refractivity (Wildman–Crippen MR) is 67.6 cm³/mol. The number of hydrogen-bond donors (Lipinski definition) is 1. The quantitative estimate of drug-likeness (QED) is 0.821. The lowest BCUT2D eigenvalue weighted by Gasteiger charge is -2.34. The first kappa shape index (κ1) is 12.2. The van der Waals surface area contributed by atoms with Gasteiger partial charge < -0.3 is 15.4 Å². The Balaban J connectivity index is 2.13. The van der Waals surface area contributed by atoms with Crippen LogP contribution in [0.25, 0.3) is 0 Å². The number of anilines is 2. The molecule has 0 bridgehead atoms. The average Bonchev–Trinajstić information content (AvgIpc) is 2.33. The number of rotatable bonds is 3. The van der Waals surface area contributed by atoms with Crippen LogP contribution >= 0.6 is 0 Å². The minimum Gasteiger partial charge on any atom is -0.395 e. The highest BCUT2D eigenvalue weighted by molar-refractivity contribution is 5.68. The van der Waals surface area contributed by atoms with Crippen LogP contribution in [0.2, 0.25) is 0 Å². The van der Waals surface area contributed by atoms with Crippen molar-refractivity contribution in [2.75, 3.05) is 37.4 Å². The average molecular weight is 238 g/mol. The first-order valence-corrected chi connectivity index (χ1v) is 6.00. The van der Waals surface area contributed by atoms with Crippen LogP contribution in [0, 0.1) is 11.7 Å². The molecular formula is C13H19FN2O. The maximum absolute atomic E-state index is 13.4. The fraction of sp³-hybridized carbons (Fsp3) is 0.538. The monoisotopic (exact) mass is 238 g/mol. The highest BCUT2D eigenvalue weighted by Gasteiger charge is 2.21. The number of nitrogens with zero attached hydrogens (tertiary/aromatic N) is 1. The van der Waals surface area contributed by atoms with E-state index in [0.717, 1.165) is 31.8 Å². The Labute approximate surface area is 101 Å². The number of hydrogen-bond acceptors (Lipinski definition) is 3. The molecule has 1 aliphatic heterocycles. The molecule has 17 heavy (non-hydrogen) atoms. The van der Waals surface area contributed by atoms with Gasteiger partial charge in [-0.15, -0.1) is 0 Å². The zero-order valence-electron chi connectivity index (χ0n) is 10.2. The van der Waals surface area contributed by atoms with Crippen LogP contribution in [0.5, 0.6) is 0 Å². The van der Waals surface area contributed by atoms with E-state index in [4.69, 9.17) is 10.5 Å². The molecule has 2 rings (SSSR count). The Morgan fingerprint density at radius 1 is 1.53 bits per heavy atom. The van der Waals surface area contributed by atoms with Crippen molar-refractivity contribution < 1.29 is 9.13 Å². The van der Waals surface area contributed by atoms with Crippen molar-refractivity contribution in [1.29, 1.82) is 0 Å². The molecule has 1 saturated heterocycles. The van der Waals surface area contributed by atoms with Crippen molar-refractivity contribution >= 4 is 11.4 Å². The molecule has 1 aromatic rings. The highest BCUT2D eigenvalue weighted by Crippen LogP contribution is 2.29. The van der Waals surface area contributed by atoms with Crippen molar-refractivity contribution in [2.24, 2.45) is 5.92 Å². The fourth-order valence-electron chi connectivity index (χ4n) is 2.46. The number of ether oxygens (including phenoxy) is 1. The summed E-state index contributed by atoms with van der Waals surface area (Å²) in [5.41, 5.74) is 6.85. The van der Waals surface area contributed by atoms with E-state index in [2.05, 4.69) is 4.90 Å². The summed E-state index contributed by atoms with van der Waals surface area (Å²) in [6.45, 7) is 2.58. The molecule has 4 heteroatoms. The molecule has 1 heterocycles. The van der Waals surface area contributed by atoms with Gasteiger partial charge in [-0.05, 0) is 30.9 Å². The first-order chi connectivity index (χ1) is 8.22. The Hall–Kier alpha value is -1.29. The largest absolute Gasteiger partial charge is 0.395 e. The fourth-order valence-corrected chi connectivity index (χ4v) is 2.46. The summed E-state index contributed by atoms with van der Waals surface area (Å²) in [6.07, 6.45) is 2.27. The van der Waals surface area contributed by atoms with E-state index < -0.39 is 0 Å². The highest BCUT2D eigenvalue weighted by atomic mass is 19.1. The molecule has 2 N–H and O–H groups in total. The molecule has 94 valence electrons. The van der Waals surface area contributed by atoms with Gasteiger partial charge in [0.15, 0.2) is 0 Å². The molecule has 1 unspecified atom stereocenters. The summed E-state index contributed by atoms with van der Waals surface area (Å²) in [6, 6.07) is 4.99. The van der Waals surface area contributed by atoms with E-state index in [9.17, 15) is 4.39 Å². The number of benzene rings is 1. The Morgan fingerprint density at radius 3 is 3.12 bits per heavy atom. The summed E-state index contributed by atoms with van der Waals surface area (Å²) in [4.78, 5) is 2.16. The summed E-state index contributed by atoms with van der Waals surface area (Å²) < 4.78 is 18.6. The molecular weight excluding hydrogens is 219 g/mol. The second-order valence-corrected chi connectivity index (χ2v) is 4.58. The second kappa shape index (κ2) is 5.36. The van der Waals surface area contributed by atoms with Gasteiger partial charge in [0.1, 0.15) is 5.82 Å². The Bertz CT molecular complexity index is 382. The topological polar surface area (TPSA) is 38.5 Å². The van der Waals surface area contributed by atoms with Crippen LogP contribution in [0.3, 0.4) is 0 Å². The third kappa shape index (κ3) is 2.69. The molecule has 1 fully saturated rings. The van der Waals surface area contributed by atoms with Gasteiger partial charge in [0.05, 0.1) is 18.0 Å². The smallest absolute Gasteiger partial charge is 0.148 e. The number of halogens is 1. The SMILES string of the molecule is COCC1CCCN(c2cccc(F)c2N)C1. The van der Waals surface area contributed by atoms with E-state index in [1.165, 1.54) is 12.5 Å². The second-order valence-electron chi connectivity index (χ2n) is 4.58. The van der Waals surface area contributed by atoms with Crippen molar-refractivity contribution in [3.05, 3.63) is 24.0 Å². The number of nitrogen functional groups attached to an aromatic ring is 1. The summed E-state index contributed by atoms with van der Waals surface area (Å²) in [7, 11) is 1.72. The van der Waals surface area contributed by atoms with Crippen LogP contribution in [0.4, 0.5) is 15.8 Å². The van der Waals surface area contributed by atoms with E-state index in [-0.39, 0.29) is 11.5 Å². The minimum absolute atomic E-state index is 0.255. The van der Waals surface area contributed by atoms with Crippen molar-refractivity contribution in [3.8, 4) is 0 Å². The van der Waals surface area contributed by atoms with Gasteiger partial charge in [0.25, 0.3) is 0 Å². The Morgan fingerprint density at radius 2 is 2.35 bits per heavy atom. The molecule has 0 aromatic heterocycles. The molecule has 0 spiro atoms. The number of nitrogens with two attached hydrogens (primary N) is 1. The molecule has 0 aliphatic carbocycles. The zero-order chi connectivity index (χ0) is 12.3. The number of piperidine rings is 1. The standard InChI is InChI=1S/C13H19FN2O/c1-17-9-10-4-3-7-16(8-10)12-6-2-5-11(14)13(12)15/h2,5-6,10H,3-4,7-9,15H2,1H3. The molecule has 1 aromatic carbocycles. The van der Waals surface area contributed by atoms with Crippen LogP contribution in [-0.4, -0.2) is 26.8 Å². The molecule has 0 radical (unpaired) electrons. The van der Waals surface area contributed by atoms with E-state index in [0.29, 0.717) is 5.92 Å². The lowest BCUT2D eigenvalue weighted by molar-refractivity contribution is 0.143. The maximum atomic E-state index is 13.4. The third-order valence-corrected chi connectivity index (χ3v) is 3.29. The van der Waals surface area contributed by atoms with Crippen molar-refractivity contribution in [3.63, 3.8) is 0 Å². The Kier molecular flexibility index (Phi) is 3.84. The predicted octanol–water partition coefficient (Wildman–Crippen LogP) is 2.27. The van der Waals surface area contributed by atoms with Gasteiger partial charge in [-0.1, -0.05) is 6.07 Å². The van der Waals surface area contributed by atoms with Crippen LogP contribution in [0.1, 0.15) is 12.8 Å². The minimum atomic E-state index is -0.337. The third-order valence-electron chi connectivity index (χ3n) is 3.29. The van der Waals surface area contributed by atoms with Crippen molar-refractivity contribution in [2.45, 2.75) is 12.8 Å². The molecule has 0 amide bonds. The first-order valence-electron chi connectivity index (χ1n) is 6.00. The van der Waals surface area contributed by atoms with Gasteiger partial charge >= 0.3 is 0 Å². The lowest BCUT2D eigenvalue weighted by Crippen LogP contribution is -2.37. The van der Waals surface area contributed by atoms with Crippen LogP contribution in [-0.2, 0) is 4.74 Å². The van der Waals surface area contributed by atoms with Crippen molar-refractivity contribution in [1.82, 2.24) is 0 Å². The number of methoxy groups -OCH3 is 1. The molecule has 3 nitrogen and oxygen atoms in total. The van der Waals surface area contributed by atoms with E-state index in [1.807, 2.05) is 6.07 Å². The summed E-state index contributed by atoms with van der Waals surface area (Å²) >= 11 is 0. The summed E-state index contributed by atoms with van der Waals surface area (Å²) in [5, 5.41) is 0. The van der Waals surface area contributed by atoms with Gasteiger partial charge in [0.2, 0.25) is 0 Å². The van der Waals surface area contributed by atoms with Crippen LogP contribution < -0.4 is 10.6 Å². The van der Waals surface area contributed by atoms with Gasteiger partial charge in [-0.3, -0.25) is 0 Å². The zero-order valence-corrected chi connectivity index (χ0v) is 10.2. The van der Waals surface area contributed by atoms with E-state index >= 15 is 0 Å². The molecule has 0 saturated carbocycles. The van der Waals surface area contributed by atoms with Gasteiger partial charge in [-0.25, -0.2) is 4.39 Å².